The van der Waals surface area contributed by atoms with E-state index in [4.69, 9.17) is 0 Å². The van der Waals surface area contributed by atoms with E-state index >= 15 is 0 Å². The molecule has 146 valence electrons. The Labute approximate surface area is 167 Å². The Morgan fingerprint density at radius 2 is 1.83 bits per heavy atom. The number of Topliss-reactive ketones (excluding diaryl/α,β-unsaturated/α-hetero) is 1. The minimum Gasteiger partial charge on any atom is -0.315 e. The highest BCUT2D eigenvalue weighted by Crippen LogP contribution is 2.27. The molecule has 0 atom stereocenters. The van der Waals surface area contributed by atoms with Gasteiger partial charge in [-0.15, -0.1) is 0 Å². The van der Waals surface area contributed by atoms with Gasteiger partial charge in [0, 0.05) is 29.5 Å². The fraction of sp³-hybridized carbons (Fsp3) is 0.0952. The van der Waals surface area contributed by atoms with Crippen molar-refractivity contribution in [1.82, 2.24) is 14.1 Å². The monoisotopic (exact) mass is 407 g/mol. The molecule has 0 aliphatic carbocycles. The van der Waals surface area contributed by atoms with E-state index in [1.165, 1.54) is 13.1 Å². The summed E-state index contributed by atoms with van der Waals surface area (Å²) in [6.45, 7) is 1.46. The maximum atomic E-state index is 13.0. The van der Waals surface area contributed by atoms with Gasteiger partial charge in [-0.2, -0.15) is 0 Å². The maximum absolute atomic E-state index is 13.0. The summed E-state index contributed by atoms with van der Waals surface area (Å²) >= 11 is 0. The lowest BCUT2D eigenvalue weighted by atomic mass is 10.1. The molecule has 0 bridgehead atoms. The van der Waals surface area contributed by atoms with Gasteiger partial charge in [0.15, 0.2) is 5.78 Å². The smallest absolute Gasteiger partial charge is 0.267 e. The van der Waals surface area contributed by atoms with Crippen LogP contribution in [0.5, 0.6) is 0 Å². The molecule has 0 radical (unpaired) electrons. The standard InChI is InChI=1S/C21H17N3O4S/c1-14(25)16-8-9-19-20(17-6-2-3-7-18(17)24(19)12-16)21(26)23-29(27,28)13-15-5-4-10-22-11-15/h2-12H,13H2,1H3,(H,23,26). The van der Waals surface area contributed by atoms with Crippen LogP contribution in [0, 0.1) is 0 Å². The molecule has 3 heterocycles. The minimum absolute atomic E-state index is 0.102. The number of nitrogens with one attached hydrogen (secondary N) is 1. The molecule has 3 aromatic heterocycles. The molecular weight excluding hydrogens is 390 g/mol. The van der Waals surface area contributed by atoms with Crippen molar-refractivity contribution >= 4 is 38.1 Å². The second-order valence-electron chi connectivity index (χ2n) is 6.67. The van der Waals surface area contributed by atoms with Gasteiger partial charge in [-0.1, -0.05) is 24.3 Å². The Morgan fingerprint density at radius 3 is 2.55 bits per heavy atom. The van der Waals surface area contributed by atoms with Crippen molar-refractivity contribution in [1.29, 1.82) is 0 Å². The number of fused-ring (bicyclic) bond motifs is 3. The van der Waals surface area contributed by atoms with E-state index in [0.29, 0.717) is 27.5 Å². The lowest BCUT2D eigenvalue weighted by molar-refractivity contribution is 0.0982. The normalized spacial score (nSPS) is 11.6. The summed E-state index contributed by atoms with van der Waals surface area (Å²) in [6.07, 6.45) is 4.64. The first kappa shape index (κ1) is 18.8. The number of carbonyl (C=O) groups excluding carboxylic acids is 2. The van der Waals surface area contributed by atoms with Crippen molar-refractivity contribution in [2.24, 2.45) is 0 Å². The molecule has 0 saturated carbocycles. The molecule has 1 N–H and O–H groups in total. The summed E-state index contributed by atoms with van der Waals surface area (Å²) in [7, 11) is -3.92. The highest BCUT2D eigenvalue weighted by atomic mass is 32.2. The number of sulfonamides is 1. The third-order valence-corrected chi connectivity index (χ3v) is 5.81. The quantitative estimate of drug-likeness (QED) is 0.513. The minimum atomic E-state index is -3.92. The second kappa shape index (κ2) is 7.14. The summed E-state index contributed by atoms with van der Waals surface area (Å²) in [5, 5.41) is 0.599. The van der Waals surface area contributed by atoms with Crippen LogP contribution in [0.25, 0.3) is 16.4 Å². The molecule has 0 aliphatic rings. The molecule has 4 aromatic rings. The van der Waals surface area contributed by atoms with E-state index in [2.05, 4.69) is 9.71 Å². The van der Waals surface area contributed by atoms with Crippen LogP contribution in [0.3, 0.4) is 0 Å². The van der Waals surface area contributed by atoms with Crippen LogP contribution < -0.4 is 4.72 Å². The fourth-order valence-corrected chi connectivity index (χ4v) is 4.38. The Bertz CT molecular complexity index is 1360. The molecule has 7 nitrogen and oxygen atoms in total. The number of pyridine rings is 2. The molecule has 4 rings (SSSR count). The summed E-state index contributed by atoms with van der Waals surface area (Å²) in [6, 6.07) is 13.7. The largest absolute Gasteiger partial charge is 0.315 e. The van der Waals surface area contributed by atoms with E-state index in [-0.39, 0.29) is 17.1 Å². The van der Waals surface area contributed by atoms with Gasteiger partial charge >= 0.3 is 0 Å². The second-order valence-corrected chi connectivity index (χ2v) is 8.40. The van der Waals surface area contributed by atoms with Gasteiger partial charge in [0.2, 0.25) is 10.0 Å². The first-order valence-electron chi connectivity index (χ1n) is 8.83. The van der Waals surface area contributed by atoms with E-state index in [0.717, 1.165) is 0 Å². The molecule has 1 amide bonds. The molecule has 0 spiro atoms. The van der Waals surface area contributed by atoms with Crippen molar-refractivity contribution < 1.29 is 18.0 Å². The van der Waals surface area contributed by atoms with Gasteiger partial charge in [0.05, 0.1) is 22.3 Å². The van der Waals surface area contributed by atoms with Gasteiger partial charge < -0.3 is 4.40 Å². The number of aromatic nitrogens is 2. The van der Waals surface area contributed by atoms with Crippen molar-refractivity contribution in [2.75, 3.05) is 0 Å². The van der Waals surface area contributed by atoms with Gasteiger partial charge in [-0.3, -0.25) is 14.6 Å². The summed E-state index contributed by atoms with van der Waals surface area (Å²) < 4.78 is 28.9. The number of carbonyl (C=O) groups is 2. The lowest BCUT2D eigenvalue weighted by Gasteiger charge is -2.07. The summed E-state index contributed by atoms with van der Waals surface area (Å²) in [5.41, 5.74) is 2.44. The van der Waals surface area contributed by atoms with E-state index < -0.39 is 15.9 Å². The first-order valence-corrected chi connectivity index (χ1v) is 10.5. The van der Waals surface area contributed by atoms with Gasteiger partial charge in [0.25, 0.3) is 5.91 Å². The predicted octanol–water partition coefficient (Wildman–Crippen LogP) is 2.95. The molecule has 0 aliphatic heterocycles. The third-order valence-electron chi connectivity index (χ3n) is 4.60. The molecule has 8 heteroatoms. The average molecular weight is 407 g/mol. The zero-order valence-corrected chi connectivity index (χ0v) is 16.3. The van der Waals surface area contributed by atoms with Crippen LogP contribution >= 0.6 is 0 Å². The van der Waals surface area contributed by atoms with Gasteiger partial charge in [0.1, 0.15) is 0 Å². The zero-order chi connectivity index (χ0) is 20.6. The molecule has 0 fully saturated rings. The Hall–Kier alpha value is -3.52. The highest BCUT2D eigenvalue weighted by molar-refractivity contribution is 7.89. The van der Waals surface area contributed by atoms with E-state index in [9.17, 15) is 18.0 Å². The summed E-state index contributed by atoms with van der Waals surface area (Å²) in [5.74, 6) is -1.18. The van der Waals surface area contributed by atoms with Crippen LogP contribution in [0.2, 0.25) is 0 Å². The Balaban J connectivity index is 1.78. The van der Waals surface area contributed by atoms with Crippen LogP contribution in [0.1, 0.15) is 33.2 Å². The number of rotatable bonds is 5. The van der Waals surface area contributed by atoms with Crippen molar-refractivity contribution in [3.05, 3.63) is 83.8 Å². The molecule has 0 saturated heterocycles. The molecule has 1 aromatic carbocycles. The van der Waals surface area contributed by atoms with E-state index in [1.807, 2.05) is 12.1 Å². The van der Waals surface area contributed by atoms with E-state index in [1.54, 1.807) is 53.2 Å². The van der Waals surface area contributed by atoms with Crippen molar-refractivity contribution in [2.45, 2.75) is 12.7 Å². The zero-order valence-electron chi connectivity index (χ0n) is 15.5. The third kappa shape index (κ3) is 3.62. The lowest BCUT2D eigenvalue weighted by Crippen LogP contribution is -2.31. The number of benzene rings is 1. The SMILES string of the molecule is CC(=O)c1ccc2c(C(=O)NS(=O)(=O)Cc3cccnc3)c3ccccc3n2c1. The Morgan fingerprint density at radius 1 is 1.03 bits per heavy atom. The van der Waals surface area contributed by atoms with Crippen LogP contribution in [0.4, 0.5) is 0 Å². The van der Waals surface area contributed by atoms with Crippen molar-refractivity contribution in [3.8, 4) is 0 Å². The number of hydrogen-bond donors (Lipinski definition) is 1. The van der Waals surface area contributed by atoms with Crippen LogP contribution in [-0.4, -0.2) is 29.5 Å². The first-order chi connectivity index (χ1) is 13.9. The number of ketones is 1. The number of nitrogens with zero attached hydrogens (tertiary/aromatic N) is 2. The van der Waals surface area contributed by atoms with Gasteiger partial charge in [-0.05, 0) is 36.8 Å². The number of hydrogen-bond acceptors (Lipinski definition) is 5. The topological polar surface area (TPSA) is 97.6 Å². The predicted molar refractivity (Wildman–Crippen MR) is 109 cm³/mol. The molecule has 0 unspecified atom stereocenters. The molecule has 29 heavy (non-hydrogen) atoms. The number of amides is 1. The molecular formula is C21H17N3O4S. The Kier molecular flexibility index (Phi) is 4.63. The van der Waals surface area contributed by atoms with Crippen LogP contribution in [0.15, 0.2) is 67.1 Å². The highest BCUT2D eigenvalue weighted by Gasteiger charge is 2.23. The fourth-order valence-electron chi connectivity index (χ4n) is 3.32. The average Bonchev–Trinajstić information content (AvgIpc) is 3.01. The van der Waals surface area contributed by atoms with Crippen LogP contribution in [-0.2, 0) is 15.8 Å². The summed E-state index contributed by atoms with van der Waals surface area (Å²) in [4.78, 5) is 28.6. The van der Waals surface area contributed by atoms with Crippen molar-refractivity contribution in [3.63, 3.8) is 0 Å². The number of para-hydroxylation sites is 1. The maximum Gasteiger partial charge on any atom is 0.267 e. The van der Waals surface area contributed by atoms with Gasteiger partial charge in [-0.25, -0.2) is 13.1 Å².